The zero-order valence-corrected chi connectivity index (χ0v) is 13.2. The summed E-state index contributed by atoms with van der Waals surface area (Å²) < 4.78 is 31.7. The van der Waals surface area contributed by atoms with Gasteiger partial charge in [-0.15, -0.1) is 0 Å². The largest absolute Gasteiger partial charge is 0.465 e. The summed E-state index contributed by atoms with van der Waals surface area (Å²) in [5, 5.41) is 0. The van der Waals surface area contributed by atoms with E-state index in [4.69, 9.17) is 5.73 Å². The van der Waals surface area contributed by atoms with Gasteiger partial charge >= 0.3 is 5.97 Å². The Morgan fingerprint density at radius 1 is 1.50 bits per heavy atom. The average molecular weight is 318 g/mol. The van der Waals surface area contributed by atoms with Gasteiger partial charge in [0.2, 0.25) is 10.0 Å². The van der Waals surface area contributed by atoms with Crippen molar-refractivity contribution in [2.45, 2.75) is 17.9 Å². The van der Waals surface area contributed by atoms with Crippen LogP contribution in [0.25, 0.3) is 0 Å². The van der Waals surface area contributed by atoms with Gasteiger partial charge in [0, 0.05) is 17.5 Å². The van der Waals surface area contributed by atoms with Crippen LogP contribution in [-0.4, -0.2) is 39.5 Å². The van der Waals surface area contributed by atoms with E-state index in [1.54, 1.807) is 6.92 Å². The normalized spacial score (nSPS) is 12.9. The van der Waals surface area contributed by atoms with Gasteiger partial charge in [-0.1, -0.05) is 0 Å². The maximum atomic E-state index is 12.3. The standard InChI is InChI=1S/C12H18N2O4S2/c1-8(7-19-3)14-20(16,17)11-5-4-9(13)6-10(11)12(15)18-2/h4-6,8,14H,7,13H2,1-3H3. The molecule has 112 valence electrons. The molecule has 0 bridgehead atoms. The predicted octanol–water partition coefficient (Wildman–Crippen LogP) is 1.09. The van der Waals surface area contributed by atoms with E-state index in [9.17, 15) is 13.2 Å². The molecule has 0 aliphatic rings. The summed E-state index contributed by atoms with van der Waals surface area (Å²) in [6, 6.07) is 3.77. The first-order chi connectivity index (χ1) is 9.31. The molecule has 0 heterocycles. The lowest BCUT2D eigenvalue weighted by molar-refractivity contribution is 0.0596. The second kappa shape index (κ2) is 6.96. The minimum atomic E-state index is -3.80. The van der Waals surface area contributed by atoms with Crippen molar-refractivity contribution in [2.75, 3.05) is 24.9 Å². The van der Waals surface area contributed by atoms with Crippen molar-refractivity contribution in [2.24, 2.45) is 0 Å². The Balaban J connectivity index is 3.21. The molecule has 0 aromatic heterocycles. The molecular formula is C12H18N2O4S2. The van der Waals surface area contributed by atoms with Crippen molar-refractivity contribution in [1.29, 1.82) is 0 Å². The minimum Gasteiger partial charge on any atom is -0.465 e. The molecule has 8 heteroatoms. The topological polar surface area (TPSA) is 98.5 Å². The number of nitrogens with one attached hydrogen (secondary N) is 1. The van der Waals surface area contributed by atoms with Gasteiger partial charge < -0.3 is 10.5 Å². The van der Waals surface area contributed by atoms with Crippen LogP contribution in [0.15, 0.2) is 23.1 Å². The molecule has 6 nitrogen and oxygen atoms in total. The van der Waals surface area contributed by atoms with Crippen molar-refractivity contribution in [3.8, 4) is 0 Å². The van der Waals surface area contributed by atoms with Gasteiger partial charge in [0.1, 0.15) is 0 Å². The molecule has 1 aromatic carbocycles. The zero-order chi connectivity index (χ0) is 15.3. The molecule has 1 aromatic rings. The highest BCUT2D eigenvalue weighted by atomic mass is 32.2. The van der Waals surface area contributed by atoms with Crippen molar-refractivity contribution in [1.82, 2.24) is 4.72 Å². The van der Waals surface area contributed by atoms with Gasteiger partial charge in [-0.25, -0.2) is 17.9 Å². The van der Waals surface area contributed by atoms with Crippen LogP contribution in [0.1, 0.15) is 17.3 Å². The van der Waals surface area contributed by atoms with Gasteiger partial charge in [-0.05, 0) is 31.4 Å². The number of methoxy groups -OCH3 is 1. The van der Waals surface area contributed by atoms with Gasteiger partial charge in [-0.3, -0.25) is 0 Å². The third-order valence-electron chi connectivity index (χ3n) is 2.47. The Bertz CT molecular complexity index is 587. The molecule has 1 unspecified atom stereocenters. The van der Waals surface area contributed by atoms with Crippen LogP contribution >= 0.6 is 11.8 Å². The van der Waals surface area contributed by atoms with E-state index in [0.29, 0.717) is 11.4 Å². The number of nitrogen functional groups attached to an aromatic ring is 1. The highest BCUT2D eigenvalue weighted by Gasteiger charge is 2.24. The summed E-state index contributed by atoms with van der Waals surface area (Å²) in [5.41, 5.74) is 5.81. The Morgan fingerprint density at radius 3 is 2.70 bits per heavy atom. The Labute approximate surface area is 123 Å². The number of nitrogens with two attached hydrogens (primary N) is 1. The van der Waals surface area contributed by atoms with Crippen LogP contribution in [0.4, 0.5) is 5.69 Å². The number of carbonyl (C=O) groups is 1. The number of anilines is 1. The fourth-order valence-corrected chi connectivity index (χ4v) is 3.77. The third-order valence-corrected chi connectivity index (χ3v) is 4.95. The summed E-state index contributed by atoms with van der Waals surface area (Å²) in [5.74, 6) is -0.114. The summed E-state index contributed by atoms with van der Waals surface area (Å²) in [6.45, 7) is 1.75. The molecule has 1 rings (SSSR count). The molecule has 0 amide bonds. The lowest BCUT2D eigenvalue weighted by Gasteiger charge is -2.15. The lowest BCUT2D eigenvalue weighted by atomic mass is 10.2. The Kier molecular flexibility index (Phi) is 5.85. The molecule has 0 radical (unpaired) electrons. The van der Waals surface area contributed by atoms with E-state index < -0.39 is 16.0 Å². The Hall–Kier alpha value is -1.25. The molecule has 0 saturated carbocycles. The first kappa shape index (κ1) is 16.8. The second-order valence-corrected chi connectivity index (χ2v) is 6.82. The summed E-state index contributed by atoms with van der Waals surface area (Å²) in [4.78, 5) is 11.5. The smallest absolute Gasteiger partial charge is 0.339 e. The van der Waals surface area contributed by atoms with Crippen LogP contribution < -0.4 is 10.5 Å². The SMILES string of the molecule is COC(=O)c1cc(N)ccc1S(=O)(=O)NC(C)CSC. The van der Waals surface area contributed by atoms with Crippen LogP contribution in [-0.2, 0) is 14.8 Å². The highest BCUT2D eigenvalue weighted by Crippen LogP contribution is 2.20. The van der Waals surface area contributed by atoms with Crippen molar-refractivity contribution >= 4 is 33.4 Å². The number of hydrogen-bond donors (Lipinski definition) is 2. The molecule has 0 fully saturated rings. The molecule has 0 aliphatic heterocycles. The molecule has 3 N–H and O–H groups in total. The number of rotatable bonds is 6. The number of sulfonamides is 1. The van der Waals surface area contributed by atoms with Gasteiger partial charge in [0.25, 0.3) is 0 Å². The maximum Gasteiger partial charge on any atom is 0.339 e. The van der Waals surface area contributed by atoms with Crippen molar-refractivity contribution < 1.29 is 17.9 Å². The summed E-state index contributed by atoms with van der Waals surface area (Å²) >= 11 is 1.52. The number of benzene rings is 1. The molecule has 0 saturated heterocycles. The third kappa shape index (κ3) is 4.12. The fourth-order valence-electron chi connectivity index (χ4n) is 1.66. The predicted molar refractivity (Wildman–Crippen MR) is 80.4 cm³/mol. The van der Waals surface area contributed by atoms with E-state index in [0.717, 1.165) is 0 Å². The highest BCUT2D eigenvalue weighted by molar-refractivity contribution is 7.98. The lowest BCUT2D eigenvalue weighted by Crippen LogP contribution is -2.35. The molecule has 1 atom stereocenters. The van der Waals surface area contributed by atoms with Crippen molar-refractivity contribution in [3.05, 3.63) is 23.8 Å². The van der Waals surface area contributed by atoms with Crippen molar-refractivity contribution in [3.63, 3.8) is 0 Å². The van der Waals surface area contributed by atoms with Crippen LogP contribution in [0.3, 0.4) is 0 Å². The number of hydrogen-bond acceptors (Lipinski definition) is 6. The molecule has 0 spiro atoms. The summed E-state index contributed by atoms with van der Waals surface area (Å²) in [6.07, 6.45) is 1.88. The van der Waals surface area contributed by atoms with Crippen LogP contribution in [0, 0.1) is 0 Å². The van der Waals surface area contributed by atoms with Gasteiger partial charge in [0.15, 0.2) is 0 Å². The second-order valence-electron chi connectivity index (χ2n) is 4.22. The molecule has 0 aliphatic carbocycles. The maximum absolute atomic E-state index is 12.3. The Morgan fingerprint density at radius 2 is 2.15 bits per heavy atom. The fraction of sp³-hybridized carbons (Fsp3) is 0.417. The zero-order valence-electron chi connectivity index (χ0n) is 11.5. The van der Waals surface area contributed by atoms with E-state index in [1.807, 2.05) is 6.26 Å². The van der Waals surface area contributed by atoms with E-state index in [-0.39, 0.29) is 16.5 Å². The number of esters is 1. The van der Waals surface area contributed by atoms with E-state index in [2.05, 4.69) is 9.46 Å². The number of ether oxygens (including phenoxy) is 1. The number of carbonyl (C=O) groups excluding carboxylic acids is 1. The van der Waals surface area contributed by atoms with Gasteiger partial charge in [-0.2, -0.15) is 11.8 Å². The quantitative estimate of drug-likeness (QED) is 0.602. The van der Waals surface area contributed by atoms with Crippen LogP contribution in [0.2, 0.25) is 0 Å². The molecular weight excluding hydrogens is 300 g/mol. The first-order valence-electron chi connectivity index (χ1n) is 5.81. The minimum absolute atomic E-state index is 0.0728. The van der Waals surface area contributed by atoms with Gasteiger partial charge in [0.05, 0.1) is 17.6 Å². The first-order valence-corrected chi connectivity index (χ1v) is 8.68. The van der Waals surface area contributed by atoms with E-state index in [1.165, 1.54) is 37.1 Å². The molecule has 20 heavy (non-hydrogen) atoms. The average Bonchev–Trinajstić information content (AvgIpc) is 2.36. The van der Waals surface area contributed by atoms with E-state index >= 15 is 0 Å². The number of thioether (sulfide) groups is 1. The summed E-state index contributed by atoms with van der Waals surface area (Å²) in [7, 11) is -2.62. The van der Waals surface area contributed by atoms with Crippen LogP contribution in [0.5, 0.6) is 0 Å². The monoisotopic (exact) mass is 318 g/mol.